The summed E-state index contributed by atoms with van der Waals surface area (Å²) in [5, 5.41) is 0. The Balaban J connectivity index is 2.19. The molecule has 2 rings (SSSR count). The van der Waals surface area contributed by atoms with Crippen molar-refractivity contribution in [2.24, 2.45) is 0 Å². The minimum atomic E-state index is 0.885. The van der Waals surface area contributed by atoms with Gasteiger partial charge in [0.05, 0.1) is 0 Å². The molecule has 0 unspecified atom stereocenters. The zero-order valence-electron chi connectivity index (χ0n) is 7.77. The molecule has 0 saturated carbocycles. The van der Waals surface area contributed by atoms with E-state index in [-0.39, 0.29) is 0 Å². The van der Waals surface area contributed by atoms with Crippen LogP contribution in [0.25, 0.3) is 5.57 Å². The van der Waals surface area contributed by atoms with Crippen molar-refractivity contribution in [3.63, 3.8) is 0 Å². The molecule has 1 aliphatic rings. The summed E-state index contributed by atoms with van der Waals surface area (Å²) < 4.78 is 0. The molecule has 3 heteroatoms. The average molecular weight is 175 g/mol. The second-order valence-electron chi connectivity index (χ2n) is 3.31. The molecular formula is C10H13N3. The molecule has 0 bridgehead atoms. The molecule has 0 radical (unpaired) electrons. The number of nitrogens with zero attached hydrogens (tertiary/aromatic N) is 3. The second-order valence-corrected chi connectivity index (χ2v) is 3.31. The van der Waals surface area contributed by atoms with E-state index in [0.717, 1.165) is 25.3 Å². The number of hydrogen-bond donors (Lipinski definition) is 0. The first-order valence-electron chi connectivity index (χ1n) is 4.51. The van der Waals surface area contributed by atoms with Gasteiger partial charge in [0, 0.05) is 25.5 Å². The fraction of sp³-hybridized carbons (Fsp3) is 0.400. The number of hydrogen-bond acceptors (Lipinski definition) is 3. The maximum atomic E-state index is 4.23. The first kappa shape index (κ1) is 8.38. The van der Waals surface area contributed by atoms with E-state index in [1.807, 2.05) is 6.07 Å². The SMILES string of the molecule is CN1CC=C(c2ncccn2)CC1. The van der Waals surface area contributed by atoms with Crippen LogP contribution < -0.4 is 0 Å². The Morgan fingerprint density at radius 1 is 1.31 bits per heavy atom. The molecule has 0 spiro atoms. The van der Waals surface area contributed by atoms with E-state index in [0.29, 0.717) is 0 Å². The van der Waals surface area contributed by atoms with Crippen molar-refractivity contribution in [1.29, 1.82) is 0 Å². The Bertz CT molecular complexity index is 305. The Kier molecular flexibility index (Phi) is 2.36. The van der Waals surface area contributed by atoms with Crippen molar-refractivity contribution in [2.45, 2.75) is 6.42 Å². The normalized spacial score (nSPS) is 18.4. The lowest BCUT2D eigenvalue weighted by Gasteiger charge is -2.20. The molecule has 1 aromatic heterocycles. The molecular weight excluding hydrogens is 162 g/mol. The van der Waals surface area contributed by atoms with Gasteiger partial charge in [0.1, 0.15) is 0 Å². The van der Waals surface area contributed by atoms with E-state index in [9.17, 15) is 0 Å². The van der Waals surface area contributed by atoms with Crippen LogP contribution in [0.15, 0.2) is 24.5 Å². The summed E-state index contributed by atoms with van der Waals surface area (Å²) in [5.74, 6) is 0.885. The smallest absolute Gasteiger partial charge is 0.154 e. The summed E-state index contributed by atoms with van der Waals surface area (Å²) in [6.07, 6.45) is 6.85. The highest BCUT2D eigenvalue weighted by molar-refractivity contribution is 5.60. The molecule has 68 valence electrons. The Hall–Kier alpha value is -1.22. The van der Waals surface area contributed by atoms with Crippen molar-refractivity contribution in [2.75, 3.05) is 20.1 Å². The molecule has 0 amide bonds. The van der Waals surface area contributed by atoms with Crippen LogP contribution in [0.4, 0.5) is 0 Å². The maximum absolute atomic E-state index is 4.23. The van der Waals surface area contributed by atoms with E-state index in [1.165, 1.54) is 5.57 Å². The van der Waals surface area contributed by atoms with Crippen LogP contribution in [0.3, 0.4) is 0 Å². The minimum Gasteiger partial charge on any atom is -0.302 e. The van der Waals surface area contributed by atoms with Crippen molar-refractivity contribution in [3.8, 4) is 0 Å². The number of rotatable bonds is 1. The standard InChI is InChI=1S/C10H13N3/c1-13-7-3-9(4-8-13)10-11-5-2-6-12-10/h2-3,5-6H,4,7-8H2,1H3. The maximum Gasteiger partial charge on any atom is 0.154 e. The minimum absolute atomic E-state index is 0.885. The van der Waals surface area contributed by atoms with Gasteiger partial charge in [-0.25, -0.2) is 9.97 Å². The van der Waals surface area contributed by atoms with Crippen LogP contribution in [0.2, 0.25) is 0 Å². The van der Waals surface area contributed by atoms with Gasteiger partial charge in [-0.15, -0.1) is 0 Å². The van der Waals surface area contributed by atoms with E-state index in [4.69, 9.17) is 0 Å². The van der Waals surface area contributed by atoms with E-state index in [1.54, 1.807) is 12.4 Å². The predicted molar refractivity (Wildman–Crippen MR) is 52.1 cm³/mol. The van der Waals surface area contributed by atoms with Crippen LogP contribution in [0.1, 0.15) is 12.2 Å². The van der Waals surface area contributed by atoms with Crippen LogP contribution >= 0.6 is 0 Å². The number of likely N-dealkylation sites (N-methyl/N-ethyl adjacent to an activating group) is 1. The molecule has 0 N–H and O–H groups in total. The van der Waals surface area contributed by atoms with Crippen LogP contribution in [0.5, 0.6) is 0 Å². The highest BCUT2D eigenvalue weighted by Gasteiger charge is 2.10. The summed E-state index contributed by atoms with van der Waals surface area (Å²) in [6.45, 7) is 2.11. The molecule has 1 aliphatic heterocycles. The molecule has 13 heavy (non-hydrogen) atoms. The first-order chi connectivity index (χ1) is 6.36. The summed E-state index contributed by atoms with van der Waals surface area (Å²) in [4.78, 5) is 10.7. The van der Waals surface area contributed by atoms with Gasteiger partial charge in [0.2, 0.25) is 0 Å². The van der Waals surface area contributed by atoms with E-state index < -0.39 is 0 Å². The zero-order valence-corrected chi connectivity index (χ0v) is 7.77. The molecule has 0 fully saturated rings. The Morgan fingerprint density at radius 3 is 2.69 bits per heavy atom. The molecule has 0 aliphatic carbocycles. The zero-order chi connectivity index (χ0) is 9.10. The van der Waals surface area contributed by atoms with Crippen molar-refractivity contribution in [1.82, 2.24) is 14.9 Å². The van der Waals surface area contributed by atoms with Crippen LogP contribution in [0, 0.1) is 0 Å². The summed E-state index contributed by atoms with van der Waals surface area (Å²) in [7, 11) is 2.12. The largest absolute Gasteiger partial charge is 0.302 e. The molecule has 0 saturated heterocycles. The predicted octanol–water partition coefficient (Wildman–Crippen LogP) is 1.20. The third-order valence-electron chi connectivity index (χ3n) is 2.27. The third-order valence-corrected chi connectivity index (χ3v) is 2.27. The van der Waals surface area contributed by atoms with Gasteiger partial charge in [-0.05, 0) is 25.1 Å². The highest BCUT2D eigenvalue weighted by Crippen LogP contribution is 2.17. The van der Waals surface area contributed by atoms with E-state index in [2.05, 4.69) is 28.0 Å². The topological polar surface area (TPSA) is 29.0 Å². The summed E-state index contributed by atoms with van der Waals surface area (Å²) in [5.41, 5.74) is 1.28. The molecule has 0 aromatic carbocycles. The van der Waals surface area contributed by atoms with Crippen molar-refractivity contribution in [3.05, 3.63) is 30.4 Å². The lowest BCUT2D eigenvalue weighted by atomic mass is 10.1. The average Bonchev–Trinajstić information content (AvgIpc) is 2.20. The highest BCUT2D eigenvalue weighted by atomic mass is 15.1. The van der Waals surface area contributed by atoms with E-state index >= 15 is 0 Å². The van der Waals surface area contributed by atoms with Gasteiger partial charge >= 0.3 is 0 Å². The van der Waals surface area contributed by atoms with Gasteiger partial charge < -0.3 is 4.90 Å². The van der Waals surface area contributed by atoms with Crippen molar-refractivity contribution < 1.29 is 0 Å². The first-order valence-corrected chi connectivity index (χ1v) is 4.51. The van der Waals surface area contributed by atoms with Gasteiger partial charge in [-0.2, -0.15) is 0 Å². The Labute approximate surface area is 78.1 Å². The fourth-order valence-corrected chi connectivity index (χ4v) is 1.44. The van der Waals surface area contributed by atoms with Crippen LogP contribution in [-0.2, 0) is 0 Å². The monoisotopic (exact) mass is 175 g/mol. The lowest BCUT2D eigenvalue weighted by Crippen LogP contribution is -2.24. The van der Waals surface area contributed by atoms with Gasteiger partial charge in [-0.1, -0.05) is 6.08 Å². The van der Waals surface area contributed by atoms with Gasteiger partial charge in [0.15, 0.2) is 5.82 Å². The summed E-state index contributed by atoms with van der Waals surface area (Å²) in [6, 6.07) is 1.85. The molecule has 2 heterocycles. The van der Waals surface area contributed by atoms with Crippen LogP contribution in [-0.4, -0.2) is 35.0 Å². The van der Waals surface area contributed by atoms with Crippen molar-refractivity contribution >= 4 is 5.57 Å². The lowest BCUT2D eigenvalue weighted by molar-refractivity contribution is 0.369. The Morgan fingerprint density at radius 2 is 2.08 bits per heavy atom. The second kappa shape index (κ2) is 3.66. The molecule has 0 atom stereocenters. The fourth-order valence-electron chi connectivity index (χ4n) is 1.44. The quantitative estimate of drug-likeness (QED) is 0.642. The number of aromatic nitrogens is 2. The van der Waals surface area contributed by atoms with Gasteiger partial charge in [-0.3, -0.25) is 0 Å². The van der Waals surface area contributed by atoms with Gasteiger partial charge in [0.25, 0.3) is 0 Å². The molecule has 3 nitrogen and oxygen atoms in total. The molecule has 1 aromatic rings. The third kappa shape index (κ3) is 1.92. The summed E-state index contributed by atoms with van der Waals surface area (Å²) >= 11 is 0.